The van der Waals surface area contributed by atoms with Crippen LogP contribution in [-0.2, 0) is 21.7 Å². The zero-order valence-corrected chi connectivity index (χ0v) is 55.9. The van der Waals surface area contributed by atoms with Gasteiger partial charge in [-0.05, 0) is 25.7 Å². The number of rotatable bonds is 64. The molecule has 0 heterocycles. The fourth-order valence-corrected chi connectivity index (χ4v) is 10.6. The SMILES string of the molecule is CCCCCCCCCCCCCCCCCCO.CCCCCCCCCCCCCCCCCCO.CCCCCCCCCCCCCCCCCCO.CCCCCCCCCCCCCCCCCCO.[Ti]. The molecule has 0 rings (SSSR count). The smallest absolute Gasteiger partial charge is 0.0431 e. The first-order chi connectivity index (χ1) is 37.7. The Kier molecular flexibility index (Phi) is 104. The van der Waals surface area contributed by atoms with Crippen molar-refractivity contribution in [3.05, 3.63) is 0 Å². The normalized spacial score (nSPS) is 10.9. The van der Waals surface area contributed by atoms with E-state index < -0.39 is 0 Å². The zero-order valence-electron chi connectivity index (χ0n) is 54.4. The summed E-state index contributed by atoms with van der Waals surface area (Å²) in [6.45, 7) is 10.6. The van der Waals surface area contributed by atoms with E-state index in [2.05, 4.69) is 27.7 Å². The van der Waals surface area contributed by atoms with Gasteiger partial charge in [-0.1, -0.05) is 413 Å². The minimum absolute atomic E-state index is 0. The summed E-state index contributed by atoms with van der Waals surface area (Å²) in [5, 5.41) is 34.7. The van der Waals surface area contributed by atoms with Crippen molar-refractivity contribution in [1.29, 1.82) is 0 Å². The first-order valence-corrected chi connectivity index (χ1v) is 36.1. The third-order valence-electron chi connectivity index (χ3n) is 16.0. The van der Waals surface area contributed by atoms with Gasteiger partial charge in [-0.3, -0.25) is 0 Å². The van der Waals surface area contributed by atoms with Crippen LogP contribution in [0.15, 0.2) is 0 Å². The summed E-state index contributed by atoms with van der Waals surface area (Å²) in [7, 11) is 0. The van der Waals surface area contributed by atoms with E-state index in [9.17, 15) is 0 Å². The van der Waals surface area contributed by atoms with Gasteiger partial charge in [0.15, 0.2) is 0 Å². The largest absolute Gasteiger partial charge is 0.396 e. The molecule has 0 fully saturated rings. The van der Waals surface area contributed by atoms with Gasteiger partial charge >= 0.3 is 0 Å². The Bertz CT molecular complexity index is 658. The van der Waals surface area contributed by atoms with E-state index in [1.807, 2.05) is 0 Å². The van der Waals surface area contributed by atoms with E-state index >= 15 is 0 Å². The minimum Gasteiger partial charge on any atom is -0.396 e. The van der Waals surface area contributed by atoms with Crippen molar-refractivity contribution in [1.82, 2.24) is 0 Å². The average Bonchev–Trinajstić information content (AvgIpc) is 3.43. The van der Waals surface area contributed by atoms with Crippen LogP contribution in [0.2, 0.25) is 0 Å². The van der Waals surface area contributed by atoms with Crippen molar-refractivity contribution in [3.63, 3.8) is 0 Å². The van der Waals surface area contributed by atoms with Crippen LogP contribution >= 0.6 is 0 Å². The molecule has 0 bridgehead atoms. The molecule has 468 valence electrons. The molecule has 0 aromatic heterocycles. The van der Waals surface area contributed by atoms with Crippen molar-refractivity contribution in [2.75, 3.05) is 26.4 Å². The van der Waals surface area contributed by atoms with E-state index in [1.165, 1.54) is 385 Å². The van der Waals surface area contributed by atoms with Crippen LogP contribution < -0.4 is 0 Å². The Balaban J connectivity index is -0.000000298. The zero-order chi connectivity index (χ0) is 56.1. The molecule has 0 saturated heterocycles. The predicted octanol–water partition coefficient (Wildman–Crippen LogP) is 25.0. The molecule has 4 N–H and O–H groups in total. The second-order valence-corrected chi connectivity index (χ2v) is 24.1. The molecular formula is C72H152O4Ti. The molecule has 0 aliphatic heterocycles. The molecule has 77 heavy (non-hydrogen) atoms. The van der Waals surface area contributed by atoms with Crippen LogP contribution in [0.5, 0.6) is 0 Å². The van der Waals surface area contributed by atoms with Crippen molar-refractivity contribution in [2.45, 2.75) is 439 Å². The summed E-state index contributed by atoms with van der Waals surface area (Å²) in [5.74, 6) is 0. The van der Waals surface area contributed by atoms with Gasteiger partial charge in [0.1, 0.15) is 0 Å². The van der Waals surface area contributed by atoms with Crippen molar-refractivity contribution in [3.8, 4) is 0 Å². The molecule has 5 heteroatoms. The van der Waals surface area contributed by atoms with Gasteiger partial charge in [0, 0.05) is 48.1 Å². The molecule has 0 unspecified atom stereocenters. The number of hydrogen-bond acceptors (Lipinski definition) is 4. The Hall–Kier alpha value is 0.554. The fraction of sp³-hybridized carbons (Fsp3) is 1.00. The monoisotopic (exact) mass is 1130 g/mol. The van der Waals surface area contributed by atoms with Gasteiger partial charge in [0.2, 0.25) is 0 Å². The number of aliphatic hydroxyl groups excluding tert-OH is 4. The van der Waals surface area contributed by atoms with Crippen molar-refractivity contribution < 1.29 is 42.1 Å². The van der Waals surface area contributed by atoms with Gasteiger partial charge in [-0.2, -0.15) is 0 Å². The Morgan fingerprint density at radius 2 is 0.182 bits per heavy atom. The van der Waals surface area contributed by atoms with Crippen LogP contribution in [0, 0.1) is 0 Å². The molecule has 0 atom stereocenters. The number of aliphatic hydroxyl groups is 4. The van der Waals surface area contributed by atoms with Gasteiger partial charge in [-0.25, -0.2) is 0 Å². The maximum Gasteiger partial charge on any atom is 0.0431 e. The summed E-state index contributed by atoms with van der Waals surface area (Å²) in [4.78, 5) is 0. The van der Waals surface area contributed by atoms with Crippen LogP contribution in [0.1, 0.15) is 439 Å². The standard InChI is InChI=1S/4C18H38O.Ti/c4*1-2-3-4-5-6-7-8-9-10-11-12-13-14-15-16-17-18-19;/h4*19H,2-18H2,1H3;. The molecule has 0 aromatic rings. The maximum atomic E-state index is 8.67. The molecule has 0 aliphatic rings. The number of unbranched alkanes of at least 4 members (excludes halogenated alkanes) is 60. The van der Waals surface area contributed by atoms with E-state index in [0.29, 0.717) is 26.4 Å². The van der Waals surface area contributed by atoms with Crippen LogP contribution in [0.4, 0.5) is 0 Å². The Morgan fingerprint density at radius 1 is 0.117 bits per heavy atom. The second kappa shape index (κ2) is 93.0. The topological polar surface area (TPSA) is 80.9 Å². The molecule has 0 spiro atoms. The molecule has 4 nitrogen and oxygen atoms in total. The van der Waals surface area contributed by atoms with Gasteiger partial charge in [0.25, 0.3) is 0 Å². The van der Waals surface area contributed by atoms with Gasteiger partial charge in [0.05, 0.1) is 0 Å². The fourth-order valence-electron chi connectivity index (χ4n) is 10.6. The Labute approximate surface area is 504 Å². The second-order valence-electron chi connectivity index (χ2n) is 24.1. The third-order valence-corrected chi connectivity index (χ3v) is 16.0. The molecule has 0 aliphatic carbocycles. The van der Waals surface area contributed by atoms with Gasteiger partial charge in [-0.15, -0.1) is 0 Å². The summed E-state index contributed by atoms with van der Waals surface area (Å²) in [6.07, 6.45) is 88.7. The molecule has 0 saturated carbocycles. The van der Waals surface area contributed by atoms with Crippen molar-refractivity contribution in [2.24, 2.45) is 0 Å². The maximum absolute atomic E-state index is 8.67. The summed E-state index contributed by atoms with van der Waals surface area (Å²) >= 11 is 0. The molecular weight excluding hydrogens is 977 g/mol. The van der Waals surface area contributed by atoms with Crippen LogP contribution in [0.3, 0.4) is 0 Å². The first kappa shape index (κ1) is 86.3. The van der Waals surface area contributed by atoms with Crippen molar-refractivity contribution >= 4 is 0 Å². The summed E-state index contributed by atoms with van der Waals surface area (Å²) in [5.41, 5.74) is 0. The minimum atomic E-state index is 0. The average molecular weight is 1130 g/mol. The third kappa shape index (κ3) is 102. The number of hydrogen-bond donors (Lipinski definition) is 4. The first-order valence-electron chi connectivity index (χ1n) is 36.1. The van der Waals surface area contributed by atoms with Crippen LogP contribution in [-0.4, -0.2) is 46.9 Å². The Morgan fingerprint density at radius 3 is 0.247 bits per heavy atom. The van der Waals surface area contributed by atoms with E-state index in [-0.39, 0.29) is 21.7 Å². The molecule has 0 radical (unpaired) electrons. The summed E-state index contributed by atoms with van der Waals surface area (Å²) < 4.78 is 0. The molecule has 0 aromatic carbocycles. The van der Waals surface area contributed by atoms with E-state index in [1.54, 1.807) is 0 Å². The van der Waals surface area contributed by atoms with Crippen LogP contribution in [0.25, 0.3) is 0 Å². The van der Waals surface area contributed by atoms with Gasteiger partial charge < -0.3 is 20.4 Å². The summed E-state index contributed by atoms with van der Waals surface area (Å²) in [6, 6.07) is 0. The van der Waals surface area contributed by atoms with E-state index in [0.717, 1.165) is 25.7 Å². The van der Waals surface area contributed by atoms with E-state index in [4.69, 9.17) is 20.4 Å². The quantitative estimate of drug-likeness (QED) is 0.0361. The molecule has 0 amide bonds. The predicted molar refractivity (Wildman–Crippen MR) is 347 cm³/mol.